The maximum absolute atomic E-state index is 13.9. The third kappa shape index (κ3) is 2.73. The van der Waals surface area contributed by atoms with Crippen LogP contribution in [-0.2, 0) is 17.3 Å². The van der Waals surface area contributed by atoms with Crippen LogP contribution in [0, 0.1) is 6.92 Å². The van der Waals surface area contributed by atoms with E-state index in [9.17, 15) is 4.79 Å². The minimum atomic E-state index is -0.581. The molecule has 7 nitrogen and oxygen atoms in total. The third-order valence-corrected chi connectivity index (χ3v) is 7.45. The fraction of sp³-hybridized carbons (Fsp3) is 0.440. The summed E-state index contributed by atoms with van der Waals surface area (Å²) in [4.78, 5) is 15.7. The van der Waals surface area contributed by atoms with E-state index in [1.54, 1.807) is 0 Å². The van der Waals surface area contributed by atoms with E-state index in [-0.39, 0.29) is 17.6 Å². The van der Waals surface area contributed by atoms with Crippen molar-refractivity contribution in [2.45, 2.75) is 57.7 Å². The topological polar surface area (TPSA) is 74.9 Å². The molecular weight excluding hydrogens is 400 g/mol. The summed E-state index contributed by atoms with van der Waals surface area (Å²) in [5.74, 6) is 0.0693. The van der Waals surface area contributed by atoms with Crippen molar-refractivity contribution < 1.29 is 4.79 Å². The first-order valence-electron chi connectivity index (χ1n) is 11.2. The zero-order valence-corrected chi connectivity index (χ0v) is 19.6. The molecule has 166 valence electrons. The number of aryl methyl sites for hydroxylation is 2. The molecule has 1 aromatic carbocycles. The summed E-state index contributed by atoms with van der Waals surface area (Å²) in [5.41, 5.74) is 6.29. The van der Waals surface area contributed by atoms with Crippen molar-refractivity contribution in [3.05, 3.63) is 64.8 Å². The summed E-state index contributed by atoms with van der Waals surface area (Å²) in [5, 5.41) is 16.8. The third-order valence-electron chi connectivity index (χ3n) is 7.45. The molecule has 3 aliphatic heterocycles. The summed E-state index contributed by atoms with van der Waals surface area (Å²) < 4.78 is 1.84. The maximum Gasteiger partial charge on any atom is 0.252 e. The summed E-state index contributed by atoms with van der Waals surface area (Å²) >= 11 is 0. The molecule has 0 bridgehead atoms. The fourth-order valence-corrected chi connectivity index (χ4v) is 5.56. The lowest BCUT2D eigenvalue weighted by Crippen LogP contribution is -2.58. The Morgan fingerprint density at radius 2 is 2.03 bits per heavy atom. The van der Waals surface area contributed by atoms with Crippen LogP contribution >= 0.6 is 0 Å². The molecule has 0 saturated heterocycles. The molecule has 5 rings (SSSR count). The number of carbonyl (C=O) groups is 1. The Labute approximate surface area is 188 Å². The molecule has 0 spiro atoms. The predicted molar refractivity (Wildman–Crippen MR) is 124 cm³/mol. The molecule has 2 atom stereocenters. The van der Waals surface area contributed by atoms with Crippen molar-refractivity contribution in [3.8, 4) is 11.1 Å². The van der Waals surface area contributed by atoms with Gasteiger partial charge in [-0.05, 0) is 44.4 Å². The molecular formula is C25H30N6O. The van der Waals surface area contributed by atoms with Crippen LogP contribution in [-0.4, -0.2) is 39.3 Å². The molecule has 0 radical (unpaired) electrons. The van der Waals surface area contributed by atoms with E-state index in [0.717, 1.165) is 52.1 Å². The number of nitrogens with one attached hydrogen (secondary N) is 1. The number of likely N-dealkylation sites (N-methyl/N-ethyl adjacent to an activating group) is 1. The molecule has 4 heterocycles. The Morgan fingerprint density at radius 1 is 1.25 bits per heavy atom. The minimum Gasteiger partial charge on any atom is -0.362 e. The molecule has 1 N–H and O–H groups in total. The van der Waals surface area contributed by atoms with Gasteiger partial charge in [0.05, 0.1) is 22.9 Å². The van der Waals surface area contributed by atoms with Gasteiger partial charge in [0.25, 0.3) is 5.91 Å². The van der Waals surface area contributed by atoms with Crippen LogP contribution in [0.3, 0.4) is 0 Å². The molecule has 3 aliphatic rings. The lowest BCUT2D eigenvalue weighted by Gasteiger charge is -2.51. The van der Waals surface area contributed by atoms with Crippen molar-refractivity contribution in [3.63, 3.8) is 0 Å². The number of hydrogen-bond donors (Lipinski definition) is 1. The normalized spacial score (nSPS) is 26.1. The Kier molecular flexibility index (Phi) is 4.45. The highest BCUT2D eigenvalue weighted by molar-refractivity contribution is 6.00. The number of carbonyl (C=O) groups excluding carboxylic acids is 1. The van der Waals surface area contributed by atoms with Crippen LogP contribution in [0.5, 0.6) is 0 Å². The Hall–Kier alpha value is -3.22. The molecule has 1 aromatic heterocycles. The Bertz CT molecular complexity index is 1220. The van der Waals surface area contributed by atoms with E-state index < -0.39 is 5.41 Å². The number of aromatic nitrogens is 2. The van der Waals surface area contributed by atoms with Crippen LogP contribution in [0.1, 0.15) is 44.9 Å². The number of azo groups is 1. The zero-order chi connectivity index (χ0) is 22.8. The molecule has 7 heteroatoms. The number of hydrogen-bond acceptors (Lipinski definition) is 5. The Balaban J connectivity index is 1.76. The monoisotopic (exact) mass is 430 g/mol. The second kappa shape index (κ2) is 6.89. The molecule has 2 aromatic rings. The highest BCUT2D eigenvalue weighted by atomic mass is 16.2. The first-order valence-corrected chi connectivity index (χ1v) is 11.2. The minimum absolute atomic E-state index is 0.0693. The fourth-order valence-electron chi connectivity index (χ4n) is 5.56. The van der Waals surface area contributed by atoms with Crippen LogP contribution in [0.2, 0.25) is 0 Å². The van der Waals surface area contributed by atoms with Gasteiger partial charge in [0.1, 0.15) is 0 Å². The van der Waals surface area contributed by atoms with E-state index in [1.165, 1.54) is 0 Å². The summed E-state index contributed by atoms with van der Waals surface area (Å²) in [6, 6.07) is 8.54. The van der Waals surface area contributed by atoms with Gasteiger partial charge >= 0.3 is 0 Å². The van der Waals surface area contributed by atoms with Gasteiger partial charge in [0, 0.05) is 49.1 Å². The van der Waals surface area contributed by atoms with Gasteiger partial charge in [-0.3, -0.25) is 9.48 Å². The van der Waals surface area contributed by atoms with Crippen molar-refractivity contribution in [1.82, 2.24) is 20.0 Å². The average molecular weight is 431 g/mol. The second-order valence-corrected chi connectivity index (χ2v) is 9.71. The number of nitrogens with zero attached hydrogens (tertiary/aromatic N) is 5. The number of amides is 1. The lowest BCUT2D eigenvalue weighted by atomic mass is 9.61. The van der Waals surface area contributed by atoms with E-state index in [0.29, 0.717) is 0 Å². The first kappa shape index (κ1) is 20.7. The van der Waals surface area contributed by atoms with E-state index in [2.05, 4.69) is 65.7 Å². The standard InChI is InChI=1S/C25H30N6O/c1-7-25(17-10-8-9-16(11-17)18-14-30(5)29-15(18)2)19-13-26-28-22(19)27-20-12-24(3,4)31(6)23(32)21(20)25/h8-11,13-14,22,27H,7,12H2,1-6H3. The zero-order valence-electron chi connectivity index (χ0n) is 19.6. The Morgan fingerprint density at radius 3 is 2.72 bits per heavy atom. The van der Waals surface area contributed by atoms with Gasteiger partial charge in [-0.1, -0.05) is 25.1 Å². The molecule has 2 unspecified atom stereocenters. The van der Waals surface area contributed by atoms with Crippen molar-refractivity contribution in [1.29, 1.82) is 0 Å². The maximum atomic E-state index is 13.9. The van der Waals surface area contributed by atoms with Gasteiger partial charge < -0.3 is 10.2 Å². The number of benzene rings is 1. The van der Waals surface area contributed by atoms with Gasteiger partial charge in [-0.25, -0.2) is 0 Å². The van der Waals surface area contributed by atoms with Crippen molar-refractivity contribution >= 4 is 5.91 Å². The van der Waals surface area contributed by atoms with Gasteiger partial charge in [-0.2, -0.15) is 15.3 Å². The smallest absolute Gasteiger partial charge is 0.252 e. The molecule has 0 aliphatic carbocycles. The quantitative estimate of drug-likeness (QED) is 0.792. The summed E-state index contributed by atoms with van der Waals surface area (Å²) in [6.07, 6.45) is 5.16. The van der Waals surface area contributed by atoms with Crippen molar-refractivity contribution in [2.24, 2.45) is 17.3 Å². The van der Waals surface area contributed by atoms with Crippen LogP contribution in [0.4, 0.5) is 0 Å². The van der Waals surface area contributed by atoms with E-state index in [4.69, 9.17) is 0 Å². The number of fused-ring (bicyclic) bond motifs is 1. The highest BCUT2D eigenvalue weighted by Gasteiger charge is 2.54. The van der Waals surface area contributed by atoms with Crippen LogP contribution < -0.4 is 5.32 Å². The molecule has 1 amide bonds. The first-order chi connectivity index (χ1) is 15.2. The molecule has 0 saturated carbocycles. The number of rotatable bonds is 3. The lowest BCUT2D eigenvalue weighted by molar-refractivity contribution is -0.132. The SMILES string of the molecule is CCC1(c2cccc(-c3cn(C)nc3C)c2)C2=CN=NC2NC2=C1C(=O)N(C)C(C)(C)C2. The highest BCUT2D eigenvalue weighted by Crippen LogP contribution is 2.52. The van der Waals surface area contributed by atoms with Crippen molar-refractivity contribution in [2.75, 3.05) is 7.05 Å². The van der Waals surface area contributed by atoms with Crippen LogP contribution in [0.15, 0.2) is 63.7 Å². The largest absolute Gasteiger partial charge is 0.362 e. The van der Waals surface area contributed by atoms with E-state index >= 15 is 0 Å². The summed E-state index contributed by atoms with van der Waals surface area (Å²) in [6.45, 7) is 8.40. The van der Waals surface area contributed by atoms with Gasteiger partial charge in [0.15, 0.2) is 6.17 Å². The predicted octanol–water partition coefficient (Wildman–Crippen LogP) is 4.22. The summed E-state index contributed by atoms with van der Waals surface area (Å²) in [7, 11) is 3.85. The van der Waals surface area contributed by atoms with Gasteiger partial charge in [-0.15, -0.1) is 0 Å². The average Bonchev–Trinajstić information content (AvgIpc) is 3.36. The van der Waals surface area contributed by atoms with Gasteiger partial charge in [0.2, 0.25) is 0 Å². The van der Waals surface area contributed by atoms with E-state index in [1.807, 2.05) is 43.0 Å². The molecule has 32 heavy (non-hydrogen) atoms. The molecule has 0 fully saturated rings. The second-order valence-electron chi connectivity index (χ2n) is 9.71. The van der Waals surface area contributed by atoms with Crippen LogP contribution in [0.25, 0.3) is 11.1 Å².